The lowest BCUT2D eigenvalue weighted by molar-refractivity contribution is 0.863. The van der Waals surface area contributed by atoms with Crippen LogP contribution in [0.4, 0.5) is 0 Å². The molecule has 14 heavy (non-hydrogen) atoms. The van der Waals surface area contributed by atoms with Gasteiger partial charge < -0.3 is 0 Å². The third kappa shape index (κ3) is 2.64. The van der Waals surface area contributed by atoms with Crippen LogP contribution >= 0.6 is 0 Å². The van der Waals surface area contributed by atoms with Gasteiger partial charge in [0.2, 0.25) is 0 Å². The molecule has 1 rings (SSSR count). The Hall–Kier alpha value is -1.73. The molecular formula is C13H13N. The summed E-state index contributed by atoms with van der Waals surface area (Å²) < 4.78 is 0. The molecule has 0 radical (unpaired) electrons. The zero-order chi connectivity index (χ0) is 10.4. The minimum Gasteiger partial charge on any atom is -0.197 e. The second kappa shape index (κ2) is 5.10. The fraction of sp³-hybridized carbons (Fsp3) is 0.308. The molecule has 0 unspecified atom stereocenters. The summed E-state index contributed by atoms with van der Waals surface area (Å²) in [5, 5.41) is 8.37. The van der Waals surface area contributed by atoms with Gasteiger partial charge >= 0.3 is 0 Å². The summed E-state index contributed by atoms with van der Waals surface area (Å²) in [5.74, 6) is 6.33. The molecule has 0 saturated heterocycles. The van der Waals surface area contributed by atoms with Gasteiger partial charge in [-0.3, -0.25) is 0 Å². The molecule has 0 heterocycles. The van der Waals surface area contributed by atoms with Crippen LogP contribution in [0.2, 0.25) is 0 Å². The molecule has 0 amide bonds. The number of nitriles is 1. The lowest BCUT2D eigenvalue weighted by atomic mass is 9.97. The number of benzene rings is 1. The van der Waals surface area contributed by atoms with Crippen LogP contribution in [0, 0.1) is 23.2 Å². The van der Waals surface area contributed by atoms with E-state index in [1.54, 1.807) is 0 Å². The van der Waals surface area contributed by atoms with Crippen molar-refractivity contribution in [3.63, 3.8) is 0 Å². The highest BCUT2D eigenvalue weighted by atomic mass is 14.2. The third-order valence-electron chi connectivity index (χ3n) is 1.97. The van der Waals surface area contributed by atoms with Crippen molar-refractivity contribution in [3.05, 3.63) is 35.4 Å². The van der Waals surface area contributed by atoms with E-state index >= 15 is 0 Å². The van der Waals surface area contributed by atoms with Crippen molar-refractivity contribution in [2.75, 3.05) is 0 Å². The second-order valence-electron chi connectivity index (χ2n) is 3.38. The molecule has 1 aromatic carbocycles. The summed E-state index contributed by atoms with van der Waals surface area (Å²) in [6.45, 7) is 4.29. The Bertz CT molecular complexity index is 399. The highest BCUT2D eigenvalue weighted by Crippen LogP contribution is 2.17. The first-order valence-corrected chi connectivity index (χ1v) is 4.70. The smallest absolute Gasteiger partial charge is 0.0966 e. The molecule has 0 fully saturated rings. The van der Waals surface area contributed by atoms with Gasteiger partial charge in [-0.25, -0.2) is 0 Å². The maximum absolute atomic E-state index is 8.37. The van der Waals surface area contributed by atoms with Crippen LogP contribution in [0.3, 0.4) is 0 Å². The van der Waals surface area contributed by atoms with Gasteiger partial charge in [0.15, 0.2) is 0 Å². The average Bonchev–Trinajstić information content (AvgIpc) is 2.19. The van der Waals surface area contributed by atoms with Crippen LogP contribution in [-0.2, 0) is 0 Å². The molecular weight excluding hydrogens is 170 g/mol. The quantitative estimate of drug-likeness (QED) is 0.614. The lowest BCUT2D eigenvalue weighted by Gasteiger charge is -2.06. The molecule has 1 aromatic rings. The van der Waals surface area contributed by atoms with Crippen molar-refractivity contribution in [3.8, 4) is 17.9 Å². The summed E-state index contributed by atoms with van der Waals surface area (Å²) in [4.78, 5) is 0. The summed E-state index contributed by atoms with van der Waals surface area (Å²) >= 11 is 0. The van der Waals surface area contributed by atoms with Gasteiger partial charge in [0.25, 0.3) is 0 Å². The first-order chi connectivity index (χ1) is 6.75. The minimum atomic E-state index is 0.298. The second-order valence-corrected chi connectivity index (χ2v) is 3.38. The molecule has 1 heteroatoms. The maximum Gasteiger partial charge on any atom is 0.0966 e. The Kier molecular flexibility index (Phi) is 3.77. The van der Waals surface area contributed by atoms with Gasteiger partial charge in [0.1, 0.15) is 0 Å². The molecule has 70 valence electrons. The van der Waals surface area contributed by atoms with E-state index in [1.807, 2.05) is 24.3 Å². The normalized spacial score (nSPS) is 9.00. The molecule has 0 atom stereocenters. The van der Waals surface area contributed by atoms with Crippen LogP contribution in [0.1, 0.15) is 37.3 Å². The molecule has 0 saturated carbocycles. The topological polar surface area (TPSA) is 23.8 Å². The highest BCUT2D eigenvalue weighted by molar-refractivity contribution is 5.43. The molecule has 0 bridgehead atoms. The van der Waals surface area contributed by atoms with E-state index in [-0.39, 0.29) is 0 Å². The van der Waals surface area contributed by atoms with E-state index < -0.39 is 0 Å². The average molecular weight is 183 g/mol. The first-order valence-electron chi connectivity index (χ1n) is 4.70. The standard InChI is InChI=1S/C13H13N/c1-11(2)13-9-4-3-7-12(13)8-5-6-10-14/h3-4,7,9,11H,6H2,1-2H3. The molecule has 0 N–H and O–H groups in total. The minimum absolute atomic E-state index is 0.298. The van der Waals surface area contributed by atoms with Crippen LogP contribution < -0.4 is 0 Å². The van der Waals surface area contributed by atoms with Gasteiger partial charge in [-0.05, 0) is 17.5 Å². The van der Waals surface area contributed by atoms with E-state index in [2.05, 4.69) is 31.8 Å². The van der Waals surface area contributed by atoms with Gasteiger partial charge in [0, 0.05) is 5.56 Å². The molecule has 0 aliphatic rings. The van der Waals surface area contributed by atoms with E-state index in [0.29, 0.717) is 12.3 Å². The fourth-order valence-electron chi connectivity index (χ4n) is 1.29. The van der Waals surface area contributed by atoms with E-state index in [9.17, 15) is 0 Å². The van der Waals surface area contributed by atoms with Gasteiger partial charge in [-0.2, -0.15) is 5.26 Å². The maximum atomic E-state index is 8.37. The van der Waals surface area contributed by atoms with Crippen molar-refractivity contribution in [1.82, 2.24) is 0 Å². The summed E-state index contributed by atoms with van der Waals surface area (Å²) in [6.07, 6.45) is 0.298. The number of rotatable bonds is 1. The SMILES string of the molecule is CC(C)c1ccccc1C#CCC#N. The van der Waals surface area contributed by atoms with Crippen molar-refractivity contribution in [2.45, 2.75) is 26.2 Å². The Morgan fingerprint density at radius 3 is 2.64 bits per heavy atom. The first kappa shape index (κ1) is 10.4. The molecule has 0 spiro atoms. The predicted octanol–water partition coefficient (Wildman–Crippen LogP) is 3.08. The molecule has 0 aliphatic carbocycles. The fourth-order valence-corrected chi connectivity index (χ4v) is 1.29. The van der Waals surface area contributed by atoms with Crippen LogP contribution in [0.15, 0.2) is 24.3 Å². The monoisotopic (exact) mass is 183 g/mol. The Morgan fingerprint density at radius 2 is 2.00 bits per heavy atom. The van der Waals surface area contributed by atoms with Gasteiger partial charge in [0.05, 0.1) is 12.5 Å². The number of nitrogens with zero attached hydrogens (tertiary/aromatic N) is 1. The van der Waals surface area contributed by atoms with E-state index in [1.165, 1.54) is 5.56 Å². The number of hydrogen-bond acceptors (Lipinski definition) is 1. The van der Waals surface area contributed by atoms with Crippen molar-refractivity contribution < 1.29 is 0 Å². The summed E-state index contributed by atoms with van der Waals surface area (Å²) in [5.41, 5.74) is 2.29. The van der Waals surface area contributed by atoms with Crippen LogP contribution in [0.5, 0.6) is 0 Å². The largest absolute Gasteiger partial charge is 0.197 e. The van der Waals surface area contributed by atoms with Crippen LogP contribution in [0.25, 0.3) is 0 Å². The van der Waals surface area contributed by atoms with E-state index in [0.717, 1.165) is 5.56 Å². The Morgan fingerprint density at radius 1 is 1.29 bits per heavy atom. The third-order valence-corrected chi connectivity index (χ3v) is 1.97. The van der Waals surface area contributed by atoms with Crippen molar-refractivity contribution in [1.29, 1.82) is 5.26 Å². The van der Waals surface area contributed by atoms with Gasteiger partial charge in [-0.1, -0.05) is 43.9 Å². The summed E-state index contributed by atoms with van der Waals surface area (Å²) in [7, 11) is 0. The van der Waals surface area contributed by atoms with Crippen LogP contribution in [-0.4, -0.2) is 0 Å². The van der Waals surface area contributed by atoms with Gasteiger partial charge in [-0.15, -0.1) is 0 Å². The number of hydrogen-bond donors (Lipinski definition) is 0. The Labute approximate surface area is 85.4 Å². The van der Waals surface area contributed by atoms with Crippen molar-refractivity contribution in [2.24, 2.45) is 0 Å². The zero-order valence-electron chi connectivity index (χ0n) is 8.54. The predicted molar refractivity (Wildman–Crippen MR) is 57.6 cm³/mol. The zero-order valence-corrected chi connectivity index (χ0v) is 8.54. The molecule has 1 nitrogen and oxygen atoms in total. The highest BCUT2D eigenvalue weighted by Gasteiger charge is 2.02. The molecule has 0 aromatic heterocycles. The van der Waals surface area contributed by atoms with Crippen molar-refractivity contribution >= 4 is 0 Å². The molecule has 0 aliphatic heterocycles. The van der Waals surface area contributed by atoms with E-state index in [4.69, 9.17) is 5.26 Å². The lowest BCUT2D eigenvalue weighted by Crippen LogP contribution is -1.91. The Balaban J connectivity index is 2.99. The summed E-state index contributed by atoms with van der Waals surface area (Å²) in [6, 6.07) is 10.1.